The van der Waals surface area contributed by atoms with E-state index < -0.39 is 0 Å². The Morgan fingerprint density at radius 3 is 2.33 bits per heavy atom. The molecular formula is C24H23N3O3. The van der Waals surface area contributed by atoms with Crippen molar-refractivity contribution in [2.45, 2.75) is 6.54 Å². The van der Waals surface area contributed by atoms with Crippen LogP contribution in [0.2, 0.25) is 0 Å². The summed E-state index contributed by atoms with van der Waals surface area (Å²) in [6.45, 7) is 1.31. The summed E-state index contributed by atoms with van der Waals surface area (Å²) in [4.78, 5) is 12.5. The maximum absolute atomic E-state index is 12.5. The zero-order chi connectivity index (χ0) is 20.8. The molecule has 1 aromatic heterocycles. The van der Waals surface area contributed by atoms with Gasteiger partial charge in [0.1, 0.15) is 11.5 Å². The van der Waals surface area contributed by atoms with Gasteiger partial charge in [0.2, 0.25) is 0 Å². The summed E-state index contributed by atoms with van der Waals surface area (Å²) in [6.07, 6.45) is 1.93. The minimum Gasteiger partial charge on any atom is -0.457 e. The van der Waals surface area contributed by atoms with Gasteiger partial charge >= 0.3 is 6.03 Å². The Balaban J connectivity index is 1.42. The van der Waals surface area contributed by atoms with Gasteiger partial charge in [-0.15, -0.1) is 0 Å². The van der Waals surface area contributed by atoms with Crippen molar-refractivity contribution in [1.82, 2.24) is 4.57 Å². The lowest BCUT2D eigenvalue weighted by Gasteiger charge is -2.09. The van der Waals surface area contributed by atoms with E-state index in [4.69, 9.17) is 9.47 Å². The normalized spacial score (nSPS) is 10.7. The lowest BCUT2D eigenvalue weighted by atomic mass is 10.2. The zero-order valence-corrected chi connectivity index (χ0v) is 16.7. The molecule has 1 heterocycles. The van der Waals surface area contributed by atoms with Gasteiger partial charge in [0, 0.05) is 30.9 Å². The van der Waals surface area contributed by atoms with E-state index in [1.165, 1.54) is 0 Å². The number of amides is 2. The second-order valence-electron chi connectivity index (χ2n) is 6.76. The Morgan fingerprint density at radius 2 is 1.57 bits per heavy atom. The van der Waals surface area contributed by atoms with E-state index in [1.807, 2.05) is 72.9 Å². The molecule has 0 fully saturated rings. The number of carbonyl (C=O) groups is 1. The highest BCUT2D eigenvalue weighted by atomic mass is 16.5. The topological polar surface area (TPSA) is 64.5 Å². The minimum atomic E-state index is -0.304. The standard InChI is InChI=1S/C24H23N3O3/c1-29-16-15-27-17-22(21-9-5-6-10-23(21)27)26-24(28)25-18-11-13-20(14-12-18)30-19-7-3-2-4-8-19/h2-14,17H,15-16H2,1H3,(H2,25,26,28). The van der Waals surface area contributed by atoms with Crippen LogP contribution in [0, 0.1) is 0 Å². The maximum Gasteiger partial charge on any atom is 0.323 e. The van der Waals surface area contributed by atoms with Gasteiger partial charge in [-0.25, -0.2) is 4.79 Å². The van der Waals surface area contributed by atoms with Gasteiger partial charge in [0.25, 0.3) is 0 Å². The Bertz CT molecular complexity index is 1120. The molecule has 0 aliphatic rings. The second-order valence-corrected chi connectivity index (χ2v) is 6.76. The van der Waals surface area contributed by atoms with Crippen LogP contribution >= 0.6 is 0 Å². The Kier molecular flexibility index (Phi) is 5.96. The largest absolute Gasteiger partial charge is 0.457 e. The molecule has 4 rings (SSSR count). The van der Waals surface area contributed by atoms with Gasteiger partial charge in [0.05, 0.1) is 17.8 Å². The van der Waals surface area contributed by atoms with Crippen LogP contribution in [-0.2, 0) is 11.3 Å². The van der Waals surface area contributed by atoms with Crippen molar-refractivity contribution in [3.8, 4) is 11.5 Å². The number of hydrogen-bond acceptors (Lipinski definition) is 3. The highest BCUT2D eigenvalue weighted by Gasteiger charge is 2.11. The number of ether oxygens (including phenoxy) is 2. The van der Waals surface area contributed by atoms with E-state index in [2.05, 4.69) is 15.2 Å². The van der Waals surface area contributed by atoms with Gasteiger partial charge in [-0.3, -0.25) is 0 Å². The molecule has 3 aromatic carbocycles. The van der Waals surface area contributed by atoms with Gasteiger partial charge in [-0.1, -0.05) is 36.4 Å². The molecule has 0 aliphatic carbocycles. The maximum atomic E-state index is 12.5. The fourth-order valence-electron chi connectivity index (χ4n) is 3.24. The summed E-state index contributed by atoms with van der Waals surface area (Å²) in [5.41, 5.74) is 2.48. The van der Waals surface area contributed by atoms with E-state index in [0.717, 1.165) is 22.3 Å². The van der Waals surface area contributed by atoms with Crippen molar-refractivity contribution in [1.29, 1.82) is 0 Å². The van der Waals surface area contributed by atoms with Crippen LogP contribution in [0.25, 0.3) is 10.9 Å². The van der Waals surface area contributed by atoms with Crippen LogP contribution in [0.15, 0.2) is 85.1 Å². The van der Waals surface area contributed by atoms with E-state index in [1.54, 1.807) is 19.2 Å². The first-order valence-electron chi connectivity index (χ1n) is 9.71. The molecule has 0 bridgehead atoms. The predicted molar refractivity (Wildman–Crippen MR) is 119 cm³/mol. The van der Waals surface area contributed by atoms with Crippen LogP contribution in [0.3, 0.4) is 0 Å². The minimum absolute atomic E-state index is 0.304. The third-order valence-electron chi connectivity index (χ3n) is 4.66. The molecule has 0 radical (unpaired) electrons. The average Bonchev–Trinajstić information content (AvgIpc) is 3.12. The fourth-order valence-corrected chi connectivity index (χ4v) is 3.24. The number of rotatable bonds is 7. The second kappa shape index (κ2) is 9.15. The monoisotopic (exact) mass is 401 g/mol. The van der Waals surface area contributed by atoms with E-state index >= 15 is 0 Å². The van der Waals surface area contributed by atoms with Crippen molar-refractivity contribution >= 4 is 28.3 Å². The van der Waals surface area contributed by atoms with Gasteiger partial charge < -0.3 is 24.7 Å². The lowest BCUT2D eigenvalue weighted by Crippen LogP contribution is -2.19. The van der Waals surface area contributed by atoms with Crippen LogP contribution in [0.4, 0.5) is 16.2 Å². The molecule has 6 heteroatoms. The number of nitrogens with one attached hydrogen (secondary N) is 2. The molecule has 0 aliphatic heterocycles. The van der Waals surface area contributed by atoms with E-state index in [0.29, 0.717) is 24.6 Å². The number of benzene rings is 3. The highest BCUT2D eigenvalue weighted by molar-refractivity contribution is 6.06. The first-order chi connectivity index (χ1) is 14.7. The number of para-hydroxylation sites is 2. The van der Waals surface area contributed by atoms with E-state index in [-0.39, 0.29) is 6.03 Å². The number of urea groups is 1. The fraction of sp³-hybridized carbons (Fsp3) is 0.125. The summed E-state index contributed by atoms with van der Waals surface area (Å²) in [5.74, 6) is 1.47. The number of fused-ring (bicyclic) bond motifs is 1. The molecule has 0 unspecified atom stereocenters. The molecule has 30 heavy (non-hydrogen) atoms. The molecule has 0 saturated carbocycles. The number of anilines is 2. The zero-order valence-electron chi connectivity index (χ0n) is 16.7. The molecule has 6 nitrogen and oxygen atoms in total. The summed E-state index contributed by atoms with van der Waals surface area (Å²) in [7, 11) is 1.68. The number of nitrogens with zero attached hydrogens (tertiary/aromatic N) is 1. The first-order valence-corrected chi connectivity index (χ1v) is 9.71. The molecule has 4 aromatic rings. The summed E-state index contributed by atoms with van der Waals surface area (Å²) in [5, 5.41) is 6.78. The molecule has 2 N–H and O–H groups in total. The third-order valence-corrected chi connectivity index (χ3v) is 4.66. The van der Waals surface area contributed by atoms with Crippen LogP contribution in [-0.4, -0.2) is 24.3 Å². The number of aromatic nitrogens is 1. The Morgan fingerprint density at radius 1 is 0.867 bits per heavy atom. The first kappa shape index (κ1) is 19.5. The smallest absolute Gasteiger partial charge is 0.323 e. The molecular weight excluding hydrogens is 378 g/mol. The van der Waals surface area contributed by atoms with Gasteiger partial charge in [-0.05, 0) is 42.5 Å². The van der Waals surface area contributed by atoms with Crippen molar-refractivity contribution in [3.05, 3.63) is 85.1 Å². The molecule has 0 spiro atoms. The van der Waals surface area contributed by atoms with Gasteiger partial charge in [-0.2, -0.15) is 0 Å². The van der Waals surface area contributed by atoms with Crippen molar-refractivity contribution in [2.75, 3.05) is 24.4 Å². The summed E-state index contributed by atoms with van der Waals surface area (Å²) in [6, 6.07) is 24.5. The molecule has 0 atom stereocenters. The van der Waals surface area contributed by atoms with Gasteiger partial charge in [0.15, 0.2) is 0 Å². The quantitative estimate of drug-likeness (QED) is 0.416. The highest BCUT2D eigenvalue weighted by Crippen LogP contribution is 2.26. The lowest BCUT2D eigenvalue weighted by molar-refractivity contribution is 0.188. The number of hydrogen-bond donors (Lipinski definition) is 2. The van der Waals surface area contributed by atoms with Crippen molar-refractivity contribution in [3.63, 3.8) is 0 Å². The van der Waals surface area contributed by atoms with Crippen molar-refractivity contribution in [2.24, 2.45) is 0 Å². The predicted octanol–water partition coefficient (Wildman–Crippen LogP) is 5.72. The number of methoxy groups -OCH3 is 1. The molecule has 0 saturated heterocycles. The average molecular weight is 401 g/mol. The Hall–Kier alpha value is -3.77. The van der Waals surface area contributed by atoms with Crippen LogP contribution < -0.4 is 15.4 Å². The summed E-state index contributed by atoms with van der Waals surface area (Å²) >= 11 is 0. The number of carbonyl (C=O) groups excluding carboxylic acids is 1. The third kappa shape index (κ3) is 4.61. The Labute approximate surface area is 175 Å². The molecule has 2 amide bonds. The summed E-state index contributed by atoms with van der Waals surface area (Å²) < 4.78 is 13.0. The van der Waals surface area contributed by atoms with E-state index in [9.17, 15) is 4.79 Å². The SMILES string of the molecule is COCCn1cc(NC(=O)Nc2ccc(Oc3ccccc3)cc2)c2ccccc21. The van der Waals surface area contributed by atoms with Crippen LogP contribution in [0.5, 0.6) is 11.5 Å². The van der Waals surface area contributed by atoms with Crippen LogP contribution in [0.1, 0.15) is 0 Å². The molecule has 152 valence electrons. The van der Waals surface area contributed by atoms with Crippen molar-refractivity contribution < 1.29 is 14.3 Å².